The second kappa shape index (κ2) is 5.39. The third-order valence-corrected chi connectivity index (χ3v) is 3.71. The van der Waals surface area contributed by atoms with Gasteiger partial charge >= 0.3 is 0 Å². The molecule has 1 aromatic heterocycles. The number of aryl methyl sites for hydroxylation is 1. The van der Waals surface area contributed by atoms with Gasteiger partial charge in [0.1, 0.15) is 0 Å². The molecule has 1 aliphatic rings. The lowest BCUT2D eigenvalue weighted by molar-refractivity contribution is 0.920. The van der Waals surface area contributed by atoms with Crippen LogP contribution in [0.25, 0.3) is 0 Å². The Morgan fingerprint density at radius 3 is 2.74 bits per heavy atom. The van der Waals surface area contributed by atoms with Crippen molar-refractivity contribution in [1.29, 1.82) is 0 Å². The van der Waals surface area contributed by atoms with Gasteiger partial charge in [0.15, 0.2) is 0 Å². The Bertz CT molecular complexity index is 538. The summed E-state index contributed by atoms with van der Waals surface area (Å²) in [5.74, 6) is 0. The van der Waals surface area contributed by atoms with E-state index >= 15 is 0 Å². The first-order valence-electron chi connectivity index (χ1n) is 7.01. The highest BCUT2D eigenvalue weighted by Crippen LogP contribution is 2.23. The lowest BCUT2D eigenvalue weighted by atomic mass is 10.2. The summed E-state index contributed by atoms with van der Waals surface area (Å²) >= 11 is 0. The summed E-state index contributed by atoms with van der Waals surface area (Å²) in [6.07, 6.45) is 6.87. The van der Waals surface area contributed by atoms with E-state index in [1.807, 2.05) is 0 Å². The van der Waals surface area contributed by atoms with Gasteiger partial charge in [-0.2, -0.15) is 0 Å². The first kappa shape index (κ1) is 12.2. The number of hydrogen-bond donors (Lipinski definition) is 1. The highest BCUT2D eigenvalue weighted by Gasteiger charge is 2.12. The molecule has 100 valence electrons. The van der Waals surface area contributed by atoms with E-state index in [1.54, 1.807) is 0 Å². The van der Waals surface area contributed by atoms with Gasteiger partial charge in [0.2, 0.25) is 0 Å². The van der Waals surface area contributed by atoms with Gasteiger partial charge in [0, 0.05) is 50.5 Å². The molecule has 0 aliphatic carbocycles. The fourth-order valence-corrected chi connectivity index (χ4v) is 2.66. The van der Waals surface area contributed by atoms with Crippen molar-refractivity contribution >= 4 is 11.4 Å². The maximum atomic E-state index is 3.50. The average molecular weight is 255 g/mol. The third-order valence-electron chi connectivity index (χ3n) is 3.71. The topological polar surface area (TPSA) is 20.2 Å². The minimum atomic E-state index is 0.879. The van der Waals surface area contributed by atoms with Crippen LogP contribution in [0.4, 0.5) is 11.4 Å². The van der Waals surface area contributed by atoms with E-state index in [1.165, 1.54) is 42.9 Å². The summed E-state index contributed by atoms with van der Waals surface area (Å²) in [6.45, 7) is 3.27. The zero-order chi connectivity index (χ0) is 13.1. The van der Waals surface area contributed by atoms with Gasteiger partial charge in [-0.25, -0.2) is 0 Å². The average Bonchev–Trinajstić information content (AvgIpc) is 3.08. The first-order chi connectivity index (χ1) is 9.31. The molecule has 1 fully saturated rings. The van der Waals surface area contributed by atoms with Crippen molar-refractivity contribution in [3.05, 3.63) is 48.3 Å². The highest BCUT2D eigenvalue weighted by molar-refractivity contribution is 5.58. The van der Waals surface area contributed by atoms with Crippen LogP contribution in [-0.2, 0) is 13.6 Å². The molecule has 19 heavy (non-hydrogen) atoms. The smallest absolute Gasteiger partial charge is 0.0415 e. The lowest BCUT2D eigenvalue weighted by Crippen LogP contribution is -2.17. The van der Waals surface area contributed by atoms with Crippen LogP contribution in [0.15, 0.2) is 42.7 Å². The van der Waals surface area contributed by atoms with Crippen molar-refractivity contribution in [3.8, 4) is 0 Å². The van der Waals surface area contributed by atoms with Gasteiger partial charge in [0.05, 0.1) is 0 Å². The summed E-state index contributed by atoms with van der Waals surface area (Å²) in [5.41, 5.74) is 3.86. The van der Waals surface area contributed by atoms with Gasteiger partial charge in [-0.1, -0.05) is 6.07 Å². The Morgan fingerprint density at radius 2 is 2.00 bits per heavy atom. The van der Waals surface area contributed by atoms with Gasteiger partial charge in [0.25, 0.3) is 0 Å². The van der Waals surface area contributed by atoms with Crippen LogP contribution in [0.5, 0.6) is 0 Å². The Kier molecular flexibility index (Phi) is 3.45. The SMILES string of the molecule is Cn1ccc(CNc2cccc(N3CCCC3)c2)c1. The lowest BCUT2D eigenvalue weighted by Gasteiger charge is -2.18. The summed E-state index contributed by atoms with van der Waals surface area (Å²) in [7, 11) is 2.05. The zero-order valence-corrected chi connectivity index (χ0v) is 11.5. The molecular weight excluding hydrogens is 234 g/mol. The van der Waals surface area contributed by atoms with Gasteiger partial charge < -0.3 is 14.8 Å². The minimum Gasteiger partial charge on any atom is -0.381 e. The van der Waals surface area contributed by atoms with E-state index in [0.717, 1.165) is 6.54 Å². The van der Waals surface area contributed by atoms with E-state index in [9.17, 15) is 0 Å². The predicted octanol–water partition coefficient (Wildman–Crippen LogP) is 3.24. The van der Waals surface area contributed by atoms with Crippen molar-refractivity contribution in [2.45, 2.75) is 19.4 Å². The quantitative estimate of drug-likeness (QED) is 0.905. The predicted molar refractivity (Wildman–Crippen MR) is 80.6 cm³/mol. The van der Waals surface area contributed by atoms with Crippen LogP contribution in [0, 0.1) is 0 Å². The third kappa shape index (κ3) is 2.92. The fourth-order valence-electron chi connectivity index (χ4n) is 2.66. The second-order valence-electron chi connectivity index (χ2n) is 5.28. The summed E-state index contributed by atoms with van der Waals surface area (Å²) in [6, 6.07) is 10.9. The Hall–Kier alpha value is -1.90. The number of hydrogen-bond acceptors (Lipinski definition) is 2. The zero-order valence-electron chi connectivity index (χ0n) is 11.5. The molecule has 1 N–H and O–H groups in total. The van der Waals surface area contributed by atoms with E-state index in [-0.39, 0.29) is 0 Å². The summed E-state index contributed by atoms with van der Waals surface area (Å²) < 4.78 is 2.08. The maximum absolute atomic E-state index is 3.50. The van der Waals surface area contributed by atoms with E-state index in [2.05, 4.69) is 64.6 Å². The maximum Gasteiger partial charge on any atom is 0.0415 e. The number of nitrogens with one attached hydrogen (secondary N) is 1. The standard InChI is InChI=1S/C16H21N3/c1-18-10-7-14(13-18)12-17-15-5-4-6-16(11-15)19-8-2-3-9-19/h4-7,10-11,13,17H,2-3,8-9,12H2,1H3. The molecule has 3 rings (SSSR count). The van der Waals surface area contributed by atoms with Gasteiger partial charge in [-0.3, -0.25) is 0 Å². The normalized spacial score (nSPS) is 14.9. The molecule has 0 atom stereocenters. The number of rotatable bonds is 4. The molecular formula is C16H21N3. The number of anilines is 2. The Balaban J connectivity index is 1.65. The number of nitrogens with zero attached hydrogens (tertiary/aromatic N) is 2. The molecule has 3 heteroatoms. The first-order valence-corrected chi connectivity index (χ1v) is 7.01. The van der Waals surface area contributed by atoms with E-state index in [0.29, 0.717) is 0 Å². The van der Waals surface area contributed by atoms with Gasteiger partial charge in [-0.15, -0.1) is 0 Å². The Morgan fingerprint density at radius 1 is 1.16 bits per heavy atom. The number of benzene rings is 1. The molecule has 1 aliphatic heterocycles. The van der Waals surface area contributed by atoms with Crippen LogP contribution in [0.2, 0.25) is 0 Å². The molecule has 1 aromatic carbocycles. The van der Waals surface area contributed by atoms with Crippen molar-refractivity contribution in [2.24, 2.45) is 7.05 Å². The summed E-state index contributed by atoms with van der Waals surface area (Å²) in [5, 5.41) is 3.50. The number of aromatic nitrogens is 1. The van der Waals surface area contributed by atoms with Crippen molar-refractivity contribution in [2.75, 3.05) is 23.3 Å². The monoisotopic (exact) mass is 255 g/mol. The van der Waals surface area contributed by atoms with Crippen LogP contribution >= 0.6 is 0 Å². The largest absolute Gasteiger partial charge is 0.381 e. The van der Waals surface area contributed by atoms with E-state index < -0.39 is 0 Å². The molecule has 0 unspecified atom stereocenters. The molecule has 0 amide bonds. The van der Waals surface area contributed by atoms with Crippen LogP contribution in [-0.4, -0.2) is 17.7 Å². The summed E-state index contributed by atoms with van der Waals surface area (Å²) in [4.78, 5) is 2.47. The molecule has 0 saturated carbocycles. The second-order valence-corrected chi connectivity index (χ2v) is 5.28. The van der Waals surface area contributed by atoms with Crippen molar-refractivity contribution in [3.63, 3.8) is 0 Å². The molecule has 0 bridgehead atoms. The highest BCUT2D eigenvalue weighted by atomic mass is 15.1. The van der Waals surface area contributed by atoms with Crippen LogP contribution in [0.1, 0.15) is 18.4 Å². The molecule has 3 nitrogen and oxygen atoms in total. The van der Waals surface area contributed by atoms with Crippen LogP contribution in [0.3, 0.4) is 0 Å². The molecule has 1 saturated heterocycles. The van der Waals surface area contributed by atoms with Crippen LogP contribution < -0.4 is 10.2 Å². The van der Waals surface area contributed by atoms with Crippen molar-refractivity contribution in [1.82, 2.24) is 4.57 Å². The molecule has 0 spiro atoms. The van der Waals surface area contributed by atoms with Gasteiger partial charge in [-0.05, 0) is 42.7 Å². The van der Waals surface area contributed by atoms with Crippen molar-refractivity contribution < 1.29 is 0 Å². The molecule has 2 heterocycles. The van der Waals surface area contributed by atoms with E-state index in [4.69, 9.17) is 0 Å². The Labute approximate surface area is 114 Å². The molecule has 2 aromatic rings. The minimum absolute atomic E-state index is 0.879. The molecule has 0 radical (unpaired) electrons. The fraction of sp³-hybridized carbons (Fsp3) is 0.375.